The number of nitro benzene ring substituents is 1. The van der Waals surface area contributed by atoms with Gasteiger partial charge in [0.2, 0.25) is 0 Å². The minimum atomic E-state index is -1.56. The van der Waals surface area contributed by atoms with Crippen LogP contribution in [0.2, 0.25) is 0 Å². The van der Waals surface area contributed by atoms with Crippen LogP contribution in [0.25, 0.3) is 0 Å². The number of aliphatic carboxylic acids is 2. The molecule has 2 rings (SSSR count). The van der Waals surface area contributed by atoms with Crippen LogP contribution in [0.4, 0.5) is 5.69 Å². The number of para-hydroxylation sites is 1. The molecular formula is C20H28N2O6. The Labute approximate surface area is 164 Å². The van der Waals surface area contributed by atoms with Gasteiger partial charge < -0.3 is 15.5 Å². The van der Waals surface area contributed by atoms with Crippen LogP contribution in [0.15, 0.2) is 24.3 Å². The van der Waals surface area contributed by atoms with Crippen molar-refractivity contribution in [2.24, 2.45) is 16.7 Å². The Hall–Kier alpha value is -2.48. The second-order valence-electron chi connectivity index (χ2n) is 8.39. The third kappa shape index (κ3) is 3.15. The number of carboxylic acid groups (broad SMARTS) is 2. The summed E-state index contributed by atoms with van der Waals surface area (Å²) in [7, 11) is 0. The molecule has 5 atom stereocenters. The minimum absolute atomic E-state index is 0.0583. The molecule has 1 aromatic carbocycles. The van der Waals surface area contributed by atoms with Crippen molar-refractivity contribution in [3.8, 4) is 0 Å². The summed E-state index contributed by atoms with van der Waals surface area (Å²) in [6, 6.07) is 4.70. The number of nitrogens with one attached hydrogen (secondary N) is 1. The van der Waals surface area contributed by atoms with Gasteiger partial charge in [0.25, 0.3) is 5.69 Å². The predicted molar refractivity (Wildman–Crippen MR) is 103 cm³/mol. The van der Waals surface area contributed by atoms with Crippen molar-refractivity contribution in [2.75, 3.05) is 0 Å². The average Bonchev–Trinajstić information content (AvgIpc) is 2.59. The monoisotopic (exact) mass is 392 g/mol. The third-order valence-electron chi connectivity index (χ3n) is 6.34. The molecule has 1 aliphatic heterocycles. The fourth-order valence-corrected chi connectivity index (χ4v) is 4.91. The van der Waals surface area contributed by atoms with Gasteiger partial charge >= 0.3 is 11.9 Å². The number of rotatable bonds is 6. The lowest BCUT2D eigenvalue weighted by Crippen LogP contribution is -2.69. The molecule has 0 aromatic heterocycles. The topological polar surface area (TPSA) is 130 Å². The summed E-state index contributed by atoms with van der Waals surface area (Å²) >= 11 is 0. The van der Waals surface area contributed by atoms with Crippen molar-refractivity contribution in [3.63, 3.8) is 0 Å². The van der Waals surface area contributed by atoms with E-state index < -0.39 is 45.7 Å². The summed E-state index contributed by atoms with van der Waals surface area (Å²) < 4.78 is 0. The Morgan fingerprint density at radius 1 is 1.18 bits per heavy atom. The van der Waals surface area contributed by atoms with E-state index in [0.29, 0.717) is 0 Å². The summed E-state index contributed by atoms with van der Waals surface area (Å²) in [5, 5.41) is 35.4. The molecule has 3 N–H and O–H groups in total. The van der Waals surface area contributed by atoms with Crippen molar-refractivity contribution >= 4 is 17.6 Å². The molecule has 1 fully saturated rings. The van der Waals surface area contributed by atoms with Gasteiger partial charge in [-0.25, -0.2) is 0 Å². The molecule has 5 unspecified atom stereocenters. The van der Waals surface area contributed by atoms with Crippen molar-refractivity contribution in [2.45, 2.75) is 59.0 Å². The van der Waals surface area contributed by atoms with Gasteiger partial charge in [-0.15, -0.1) is 0 Å². The van der Waals surface area contributed by atoms with Crippen molar-refractivity contribution < 1.29 is 24.7 Å². The zero-order chi connectivity index (χ0) is 21.4. The van der Waals surface area contributed by atoms with E-state index >= 15 is 0 Å². The molecule has 154 valence electrons. The molecule has 1 aliphatic rings. The largest absolute Gasteiger partial charge is 0.481 e. The van der Waals surface area contributed by atoms with E-state index in [1.165, 1.54) is 25.1 Å². The van der Waals surface area contributed by atoms with E-state index in [-0.39, 0.29) is 23.6 Å². The molecule has 0 saturated carbocycles. The first kappa shape index (κ1) is 21.8. The third-order valence-corrected chi connectivity index (χ3v) is 6.34. The lowest BCUT2D eigenvalue weighted by atomic mass is 9.50. The van der Waals surface area contributed by atoms with Gasteiger partial charge in [-0.2, -0.15) is 0 Å². The van der Waals surface area contributed by atoms with E-state index in [0.717, 1.165) is 0 Å². The van der Waals surface area contributed by atoms with E-state index in [9.17, 15) is 29.9 Å². The van der Waals surface area contributed by atoms with Crippen LogP contribution in [-0.4, -0.2) is 39.2 Å². The molecule has 0 bridgehead atoms. The summed E-state index contributed by atoms with van der Waals surface area (Å²) in [6.45, 7) is 8.62. The molecule has 0 radical (unpaired) electrons. The van der Waals surface area contributed by atoms with Crippen molar-refractivity contribution in [1.82, 2.24) is 5.32 Å². The highest BCUT2D eigenvalue weighted by molar-refractivity contribution is 5.84. The zero-order valence-corrected chi connectivity index (χ0v) is 16.8. The van der Waals surface area contributed by atoms with Crippen molar-refractivity contribution in [1.29, 1.82) is 0 Å². The van der Waals surface area contributed by atoms with Gasteiger partial charge in [0, 0.05) is 29.6 Å². The van der Waals surface area contributed by atoms with Gasteiger partial charge in [0.05, 0.1) is 15.8 Å². The Morgan fingerprint density at radius 2 is 1.75 bits per heavy atom. The molecule has 1 saturated heterocycles. The molecule has 8 nitrogen and oxygen atoms in total. The molecular weight excluding hydrogens is 364 g/mol. The standard InChI is InChI=1S/C20H28N2O6/c1-11(2)10-20(18(25)26)13(4)21-12(3)19(5,17(23)24)16(20)14-8-6-7-9-15(14)22(27)28/h6-9,11-13,16,21H,10H2,1-5H3,(H,23,24)(H,25,26). The number of carbonyl (C=O) groups is 2. The maximum Gasteiger partial charge on any atom is 0.311 e. The number of nitrogens with zero attached hydrogens (tertiary/aromatic N) is 1. The fraction of sp³-hybridized carbons (Fsp3) is 0.600. The van der Waals surface area contributed by atoms with E-state index in [2.05, 4.69) is 5.32 Å². The van der Waals surface area contributed by atoms with Gasteiger partial charge in [-0.05, 0) is 33.1 Å². The maximum absolute atomic E-state index is 12.7. The van der Waals surface area contributed by atoms with Gasteiger partial charge in [0.15, 0.2) is 0 Å². The summed E-state index contributed by atoms with van der Waals surface area (Å²) in [4.78, 5) is 36.3. The molecule has 8 heteroatoms. The first-order chi connectivity index (χ1) is 12.9. The van der Waals surface area contributed by atoms with Gasteiger partial charge in [0.1, 0.15) is 0 Å². The zero-order valence-electron chi connectivity index (χ0n) is 16.8. The van der Waals surface area contributed by atoms with Crippen molar-refractivity contribution in [3.05, 3.63) is 39.9 Å². The van der Waals surface area contributed by atoms with Crippen LogP contribution in [0.5, 0.6) is 0 Å². The van der Waals surface area contributed by atoms with Crippen LogP contribution in [0.1, 0.15) is 52.5 Å². The van der Waals surface area contributed by atoms with Crippen LogP contribution < -0.4 is 5.32 Å². The Morgan fingerprint density at radius 3 is 2.21 bits per heavy atom. The summed E-state index contributed by atoms with van der Waals surface area (Å²) in [5.41, 5.74) is -3.19. The smallest absolute Gasteiger partial charge is 0.311 e. The Bertz CT molecular complexity index is 795. The molecule has 0 aliphatic carbocycles. The highest BCUT2D eigenvalue weighted by atomic mass is 16.6. The van der Waals surface area contributed by atoms with E-state index in [1.54, 1.807) is 19.9 Å². The lowest BCUT2D eigenvalue weighted by molar-refractivity contribution is -0.386. The van der Waals surface area contributed by atoms with Crippen LogP contribution in [0, 0.1) is 26.9 Å². The number of carboxylic acids is 2. The fourth-order valence-electron chi connectivity index (χ4n) is 4.91. The number of hydrogen-bond donors (Lipinski definition) is 3. The number of nitro groups is 1. The average molecular weight is 392 g/mol. The Kier molecular flexibility index (Phi) is 5.85. The SMILES string of the molecule is CC(C)CC1(C(=O)O)C(C)NC(C)C(C)(C(=O)O)C1c1ccccc1[N+](=O)[O-]. The van der Waals surface area contributed by atoms with E-state index in [4.69, 9.17) is 0 Å². The van der Waals surface area contributed by atoms with Crippen LogP contribution >= 0.6 is 0 Å². The second-order valence-corrected chi connectivity index (χ2v) is 8.39. The number of hydrogen-bond acceptors (Lipinski definition) is 5. The lowest BCUT2D eigenvalue weighted by Gasteiger charge is -2.56. The second kappa shape index (κ2) is 7.50. The first-order valence-electron chi connectivity index (χ1n) is 9.36. The molecule has 1 aromatic rings. The normalized spacial score (nSPS) is 32.9. The highest BCUT2D eigenvalue weighted by Crippen LogP contribution is 2.59. The van der Waals surface area contributed by atoms with Crippen LogP contribution in [-0.2, 0) is 9.59 Å². The van der Waals surface area contributed by atoms with E-state index in [1.807, 2.05) is 13.8 Å². The quantitative estimate of drug-likeness (QED) is 0.500. The summed E-state index contributed by atoms with van der Waals surface area (Å²) in [6.07, 6.45) is 0.183. The van der Waals surface area contributed by atoms with Gasteiger partial charge in [-0.3, -0.25) is 19.7 Å². The molecule has 1 heterocycles. The molecule has 0 spiro atoms. The number of piperidine rings is 1. The maximum atomic E-state index is 12.7. The van der Waals surface area contributed by atoms with Crippen LogP contribution in [0.3, 0.4) is 0 Å². The minimum Gasteiger partial charge on any atom is -0.481 e. The molecule has 28 heavy (non-hydrogen) atoms. The van der Waals surface area contributed by atoms with Gasteiger partial charge in [-0.1, -0.05) is 32.0 Å². The highest BCUT2D eigenvalue weighted by Gasteiger charge is 2.66. The summed E-state index contributed by atoms with van der Waals surface area (Å²) in [5.74, 6) is -3.48. The Balaban J connectivity index is 2.95. The number of benzene rings is 1. The first-order valence-corrected chi connectivity index (χ1v) is 9.36. The molecule has 0 amide bonds. The predicted octanol–water partition coefficient (Wildman–Crippen LogP) is 3.27.